The minimum atomic E-state index is -0.109. The molecule has 2 nitrogen and oxygen atoms in total. The van der Waals surface area contributed by atoms with Crippen LogP contribution >= 0.6 is 15.9 Å². The zero-order chi connectivity index (χ0) is 11.4. The number of hydrogen-bond donors (Lipinski definition) is 2. The summed E-state index contributed by atoms with van der Waals surface area (Å²) in [5.41, 5.74) is 0.973. The smallest absolute Gasteiger partial charge is 0.0661 e. The van der Waals surface area contributed by atoms with Crippen LogP contribution in [0.3, 0.4) is 0 Å². The van der Waals surface area contributed by atoms with Crippen LogP contribution in [0.5, 0.6) is 0 Å². The zero-order valence-electron chi connectivity index (χ0n) is 9.38. The van der Waals surface area contributed by atoms with E-state index in [-0.39, 0.29) is 12.1 Å². The van der Waals surface area contributed by atoms with E-state index in [1.165, 1.54) is 19.3 Å². The van der Waals surface area contributed by atoms with Gasteiger partial charge in [0.1, 0.15) is 0 Å². The lowest BCUT2D eigenvalue weighted by Crippen LogP contribution is -2.43. The summed E-state index contributed by atoms with van der Waals surface area (Å²) in [5.74, 6) is 0. The Labute approximate surface area is 105 Å². The number of aliphatic hydroxyl groups excluding tert-OH is 1. The third-order valence-corrected chi connectivity index (χ3v) is 4.08. The number of rotatable bonds is 3. The van der Waals surface area contributed by atoms with Crippen LogP contribution < -0.4 is 5.32 Å². The number of halogens is 1. The molecular weight excluding hydrogens is 266 g/mol. The zero-order valence-corrected chi connectivity index (χ0v) is 11.0. The Morgan fingerprint density at radius 2 is 1.88 bits per heavy atom. The second-order valence-corrected chi connectivity index (χ2v) is 5.46. The summed E-state index contributed by atoms with van der Waals surface area (Å²) in [5, 5.41) is 13.1. The lowest BCUT2D eigenvalue weighted by atomic mass is 9.82. The van der Waals surface area contributed by atoms with E-state index in [0.29, 0.717) is 0 Å². The average molecular weight is 284 g/mol. The summed E-state index contributed by atoms with van der Waals surface area (Å²) < 4.78 is 1.06. The van der Waals surface area contributed by atoms with E-state index in [9.17, 15) is 5.11 Å². The van der Waals surface area contributed by atoms with E-state index in [1.54, 1.807) is 0 Å². The number of hydrogen-bond acceptors (Lipinski definition) is 2. The Bertz CT molecular complexity index is 348. The van der Waals surface area contributed by atoms with Crippen molar-refractivity contribution in [3.05, 3.63) is 28.7 Å². The van der Waals surface area contributed by atoms with Crippen LogP contribution in [0.15, 0.2) is 28.7 Å². The highest BCUT2D eigenvalue weighted by atomic mass is 79.9. The van der Waals surface area contributed by atoms with E-state index >= 15 is 0 Å². The highest BCUT2D eigenvalue weighted by Crippen LogP contribution is 2.33. The van der Waals surface area contributed by atoms with Crippen LogP contribution in [0.2, 0.25) is 0 Å². The number of aliphatic hydroxyl groups is 1. The minimum Gasteiger partial charge on any atom is -0.394 e. The van der Waals surface area contributed by atoms with Crippen molar-refractivity contribution in [3.8, 4) is 0 Å². The van der Waals surface area contributed by atoms with Gasteiger partial charge in [0.05, 0.1) is 12.1 Å². The van der Waals surface area contributed by atoms with Crippen molar-refractivity contribution in [1.29, 1.82) is 0 Å². The first-order chi connectivity index (χ1) is 7.76. The quantitative estimate of drug-likeness (QED) is 0.889. The summed E-state index contributed by atoms with van der Waals surface area (Å²) in [7, 11) is 0. The Morgan fingerprint density at radius 3 is 2.50 bits per heavy atom. The number of para-hydroxylation sites is 1. The summed E-state index contributed by atoms with van der Waals surface area (Å²) in [4.78, 5) is 0. The molecule has 1 aliphatic rings. The molecule has 0 spiro atoms. The van der Waals surface area contributed by atoms with Crippen LogP contribution in [0, 0.1) is 0 Å². The van der Waals surface area contributed by atoms with Crippen molar-refractivity contribution >= 4 is 21.6 Å². The summed E-state index contributed by atoms with van der Waals surface area (Å²) in [6, 6.07) is 8.09. The first-order valence-corrected chi connectivity index (χ1v) is 6.69. The summed E-state index contributed by atoms with van der Waals surface area (Å²) in [6.07, 6.45) is 5.82. The van der Waals surface area contributed by atoms with Crippen molar-refractivity contribution in [2.75, 3.05) is 11.9 Å². The van der Waals surface area contributed by atoms with Crippen LogP contribution in [0.1, 0.15) is 32.1 Å². The Kier molecular flexibility index (Phi) is 3.87. The van der Waals surface area contributed by atoms with Gasteiger partial charge >= 0.3 is 0 Å². The molecule has 0 heterocycles. The number of nitrogens with one attached hydrogen (secondary N) is 1. The fraction of sp³-hybridized carbons (Fsp3) is 0.538. The lowest BCUT2D eigenvalue weighted by Gasteiger charge is -2.37. The highest BCUT2D eigenvalue weighted by molar-refractivity contribution is 9.10. The molecule has 0 saturated heterocycles. The van der Waals surface area contributed by atoms with Crippen molar-refractivity contribution in [2.24, 2.45) is 0 Å². The molecule has 88 valence electrons. The van der Waals surface area contributed by atoms with Crippen LogP contribution in [-0.2, 0) is 0 Å². The van der Waals surface area contributed by atoms with E-state index in [2.05, 4.69) is 27.3 Å². The van der Waals surface area contributed by atoms with Crippen molar-refractivity contribution in [1.82, 2.24) is 0 Å². The first-order valence-electron chi connectivity index (χ1n) is 5.89. The third kappa shape index (κ3) is 2.58. The average Bonchev–Trinajstić information content (AvgIpc) is 2.33. The van der Waals surface area contributed by atoms with Gasteiger partial charge in [-0.3, -0.25) is 0 Å². The van der Waals surface area contributed by atoms with Gasteiger partial charge in [-0.15, -0.1) is 0 Å². The molecule has 2 N–H and O–H groups in total. The second kappa shape index (κ2) is 5.19. The molecule has 3 heteroatoms. The summed E-state index contributed by atoms with van der Waals surface area (Å²) >= 11 is 3.53. The van der Waals surface area contributed by atoms with Crippen molar-refractivity contribution in [2.45, 2.75) is 37.6 Å². The molecule has 0 amide bonds. The predicted octanol–water partition coefficient (Wildman–Crippen LogP) is 3.56. The maximum Gasteiger partial charge on any atom is 0.0661 e. The lowest BCUT2D eigenvalue weighted by molar-refractivity contribution is 0.173. The van der Waals surface area contributed by atoms with Gasteiger partial charge in [-0.05, 0) is 40.9 Å². The van der Waals surface area contributed by atoms with Gasteiger partial charge in [0.25, 0.3) is 0 Å². The van der Waals surface area contributed by atoms with Gasteiger partial charge < -0.3 is 10.4 Å². The molecule has 1 fully saturated rings. The monoisotopic (exact) mass is 283 g/mol. The molecule has 1 aromatic carbocycles. The molecule has 0 radical (unpaired) electrons. The van der Waals surface area contributed by atoms with Crippen LogP contribution in [0.4, 0.5) is 5.69 Å². The van der Waals surface area contributed by atoms with E-state index < -0.39 is 0 Å². The molecule has 16 heavy (non-hydrogen) atoms. The Hall–Kier alpha value is -0.540. The molecular formula is C13H18BrNO. The van der Waals surface area contributed by atoms with Gasteiger partial charge in [0.15, 0.2) is 0 Å². The number of benzene rings is 1. The Morgan fingerprint density at radius 1 is 1.19 bits per heavy atom. The third-order valence-electron chi connectivity index (χ3n) is 3.39. The van der Waals surface area contributed by atoms with Crippen LogP contribution in [0.25, 0.3) is 0 Å². The SMILES string of the molecule is OCC1(Nc2ccccc2Br)CCCCC1. The highest BCUT2D eigenvalue weighted by Gasteiger charge is 2.31. The minimum absolute atomic E-state index is 0.109. The maximum atomic E-state index is 9.62. The predicted molar refractivity (Wildman–Crippen MR) is 70.7 cm³/mol. The topological polar surface area (TPSA) is 32.3 Å². The normalized spacial score (nSPS) is 19.4. The van der Waals surface area contributed by atoms with Gasteiger partial charge in [-0.1, -0.05) is 31.4 Å². The molecule has 1 aromatic rings. The van der Waals surface area contributed by atoms with E-state index in [4.69, 9.17) is 0 Å². The molecule has 0 bridgehead atoms. The molecule has 2 rings (SSSR count). The Balaban J connectivity index is 2.15. The largest absolute Gasteiger partial charge is 0.394 e. The van der Waals surface area contributed by atoms with Crippen molar-refractivity contribution < 1.29 is 5.11 Å². The standard InChI is InChI=1S/C13H18BrNO/c14-11-6-2-3-7-12(11)15-13(10-16)8-4-1-5-9-13/h2-3,6-7,15-16H,1,4-5,8-10H2. The van der Waals surface area contributed by atoms with Gasteiger partial charge in [0.2, 0.25) is 0 Å². The molecule has 1 saturated carbocycles. The molecule has 0 aromatic heterocycles. The first kappa shape index (κ1) is 11.9. The van der Waals surface area contributed by atoms with E-state index in [1.807, 2.05) is 18.2 Å². The van der Waals surface area contributed by atoms with Gasteiger partial charge in [0, 0.05) is 10.2 Å². The van der Waals surface area contributed by atoms with Gasteiger partial charge in [-0.2, -0.15) is 0 Å². The molecule has 0 aliphatic heterocycles. The van der Waals surface area contributed by atoms with Crippen LogP contribution in [-0.4, -0.2) is 17.3 Å². The molecule has 1 aliphatic carbocycles. The summed E-state index contributed by atoms with van der Waals surface area (Å²) in [6.45, 7) is 0.217. The molecule has 0 atom stereocenters. The fourth-order valence-corrected chi connectivity index (χ4v) is 2.78. The second-order valence-electron chi connectivity index (χ2n) is 4.60. The fourth-order valence-electron chi connectivity index (χ4n) is 2.40. The van der Waals surface area contributed by atoms with Gasteiger partial charge in [-0.25, -0.2) is 0 Å². The molecule has 0 unspecified atom stereocenters. The van der Waals surface area contributed by atoms with E-state index in [0.717, 1.165) is 23.0 Å². The number of anilines is 1. The van der Waals surface area contributed by atoms with Crippen molar-refractivity contribution in [3.63, 3.8) is 0 Å². The maximum absolute atomic E-state index is 9.62.